The highest BCUT2D eigenvalue weighted by atomic mass is 16.5. The molecule has 0 aliphatic heterocycles. The average molecular weight is 362 g/mol. The molecule has 0 heterocycles. The first-order valence-electron chi connectivity index (χ1n) is 9.27. The van der Waals surface area contributed by atoms with Crippen molar-refractivity contribution in [3.8, 4) is 17.2 Å². The fraction of sp³-hybridized carbons (Fsp3) is 0.217. The second-order valence-electron chi connectivity index (χ2n) is 6.46. The Bertz CT molecular complexity index is 817. The Morgan fingerprint density at radius 3 is 2.07 bits per heavy atom. The Morgan fingerprint density at radius 2 is 1.33 bits per heavy atom. The van der Waals surface area contributed by atoms with Crippen molar-refractivity contribution in [1.82, 2.24) is 0 Å². The van der Waals surface area contributed by atoms with E-state index in [2.05, 4.69) is 10.6 Å². The van der Waals surface area contributed by atoms with Gasteiger partial charge in [0.05, 0.1) is 11.8 Å². The van der Waals surface area contributed by atoms with E-state index in [1.165, 1.54) is 0 Å². The van der Waals surface area contributed by atoms with Gasteiger partial charge in [0.25, 0.3) is 0 Å². The maximum Gasteiger partial charge on any atom is 0.142 e. The van der Waals surface area contributed by atoms with Gasteiger partial charge in [-0.1, -0.05) is 30.3 Å². The molecule has 0 radical (unpaired) electrons. The van der Waals surface area contributed by atoms with Gasteiger partial charge in [-0.05, 0) is 62.4 Å². The van der Waals surface area contributed by atoms with Gasteiger partial charge < -0.3 is 20.1 Å². The number of hydrogen-bond donors (Lipinski definition) is 2. The smallest absolute Gasteiger partial charge is 0.142 e. The second-order valence-corrected chi connectivity index (χ2v) is 6.46. The first-order chi connectivity index (χ1) is 13.2. The maximum atomic E-state index is 5.83. The predicted octanol–water partition coefficient (Wildman–Crippen LogP) is 5.79. The lowest BCUT2D eigenvalue weighted by Crippen LogP contribution is -2.15. The largest absolute Gasteiger partial charge is 0.489 e. The van der Waals surface area contributed by atoms with Gasteiger partial charge in [0.2, 0.25) is 0 Å². The minimum Gasteiger partial charge on any atom is -0.489 e. The standard InChI is InChI=1S/C23H26N2O2/c1-18(2)26-23-11-7-6-10-22(23)25-17-16-24-19-12-14-21(15-13-19)27-20-8-4-3-5-9-20/h3-15,18,24-25H,16-17H2,1-2H3. The third-order valence-electron chi connectivity index (χ3n) is 3.85. The summed E-state index contributed by atoms with van der Waals surface area (Å²) in [4.78, 5) is 0. The molecule has 0 aromatic heterocycles. The predicted molar refractivity (Wildman–Crippen MR) is 112 cm³/mol. The molecule has 0 bridgehead atoms. The highest BCUT2D eigenvalue weighted by Crippen LogP contribution is 2.25. The van der Waals surface area contributed by atoms with Gasteiger partial charge >= 0.3 is 0 Å². The van der Waals surface area contributed by atoms with Crippen LogP contribution >= 0.6 is 0 Å². The summed E-state index contributed by atoms with van der Waals surface area (Å²) in [7, 11) is 0. The van der Waals surface area contributed by atoms with Gasteiger partial charge in [0.15, 0.2) is 0 Å². The molecule has 0 amide bonds. The topological polar surface area (TPSA) is 42.5 Å². The normalized spacial score (nSPS) is 10.5. The molecular weight excluding hydrogens is 336 g/mol. The molecule has 0 atom stereocenters. The van der Waals surface area contributed by atoms with Crippen molar-refractivity contribution in [3.63, 3.8) is 0 Å². The van der Waals surface area contributed by atoms with Crippen LogP contribution in [0.4, 0.5) is 11.4 Å². The van der Waals surface area contributed by atoms with E-state index >= 15 is 0 Å². The van der Waals surface area contributed by atoms with Crippen LogP contribution < -0.4 is 20.1 Å². The van der Waals surface area contributed by atoms with E-state index in [0.717, 1.165) is 41.7 Å². The number of hydrogen-bond acceptors (Lipinski definition) is 4. The van der Waals surface area contributed by atoms with Crippen LogP contribution in [0.5, 0.6) is 17.2 Å². The van der Waals surface area contributed by atoms with Crippen LogP contribution in [0.25, 0.3) is 0 Å². The van der Waals surface area contributed by atoms with Gasteiger partial charge in [0.1, 0.15) is 17.2 Å². The third-order valence-corrected chi connectivity index (χ3v) is 3.85. The number of para-hydroxylation sites is 3. The highest BCUT2D eigenvalue weighted by Gasteiger charge is 2.04. The zero-order chi connectivity index (χ0) is 18.9. The van der Waals surface area contributed by atoms with Gasteiger partial charge in [-0.15, -0.1) is 0 Å². The van der Waals surface area contributed by atoms with Gasteiger partial charge in [0, 0.05) is 18.8 Å². The Kier molecular flexibility index (Phi) is 6.58. The molecule has 3 aromatic carbocycles. The van der Waals surface area contributed by atoms with Crippen LogP contribution in [0.15, 0.2) is 78.9 Å². The highest BCUT2D eigenvalue weighted by molar-refractivity contribution is 5.56. The van der Waals surface area contributed by atoms with Crippen molar-refractivity contribution in [2.75, 3.05) is 23.7 Å². The third kappa shape index (κ3) is 5.96. The molecule has 0 saturated carbocycles. The van der Waals surface area contributed by atoms with Crippen molar-refractivity contribution < 1.29 is 9.47 Å². The molecule has 0 aliphatic rings. The summed E-state index contributed by atoms with van der Waals surface area (Å²) in [6.45, 7) is 5.66. The molecule has 2 N–H and O–H groups in total. The van der Waals surface area contributed by atoms with Crippen LogP contribution in [0, 0.1) is 0 Å². The molecule has 0 spiro atoms. The summed E-state index contributed by atoms with van der Waals surface area (Å²) < 4.78 is 11.6. The molecule has 4 heteroatoms. The number of rotatable bonds is 9. The maximum absolute atomic E-state index is 5.83. The Labute approximate surface area is 161 Å². The zero-order valence-electron chi connectivity index (χ0n) is 15.8. The molecule has 140 valence electrons. The number of benzene rings is 3. The molecule has 0 aliphatic carbocycles. The minimum absolute atomic E-state index is 0.155. The summed E-state index contributed by atoms with van der Waals surface area (Å²) in [5, 5.41) is 6.83. The van der Waals surface area contributed by atoms with E-state index in [9.17, 15) is 0 Å². The average Bonchev–Trinajstić information content (AvgIpc) is 2.68. The summed E-state index contributed by atoms with van der Waals surface area (Å²) in [6.07, 6.45) is 0.155. The number of nitrogens with one attached hydrogen (secondary N) is 2. The van der Waals surface area contributed by atoms with E-state index in [4.69, 9.17) is 9.47 Å². The van der Waals surface area contributed by atoms with Crippen molar-refractivity contribution in [3.05, 3.63) is 78.9 Å². The van der Waals surface area contributed by atoms with Crippen LogP contribution in [0.2, 0.25) is 0 Å². The van der Waals surface area contributed by atoms with Crippen molar-refractivity contribution in [2.45, 2.75) is 20.0 Å². The van der Waals surface area contributed by atoms with Crippen molar-refractivity contribution >= 4 is 11.4 Å². The molecule has 3 rings (SSSR count). The second kappa shape index (κ2) is 9.53. The van der Waals surface area contributed by atoms with E-state index in [-0.39, 0.29) is 6.10 Å². The fourth-order valence-corrected chi connectivity index (χ4v) is 2.64. The molecule has 0 saturated heterocycles. The molecule has 27 heavy (non-hydrogen) atoms. The summed E-state index contributed by atoms with van der Waals surface area (Å²) in [6, 6.07) is 25.8. The lowest BCUT2D eigenvalue weighted by atomic mass is 10.2. The van der Waals surface area contributed by atoms with Crippen LogP contribution in [0.3, 0.4) is 0 Å². The van der Waals surface area contributed by atoms with E-state index in [1.807, 2.05) is 92.7 Å². The summed E-state index contributed by atoms with van der Waals surface area (Å²) in [5.41, 5.74) is 2.07. The molecular formula is C23H26N2O2. The first-order valence-corrected chi connectivity index (χ1v) is 9.27. The van der Waals surface area contributed by atoms with Crippen molar-refractivity contribution in [1.29, 1.82) is 0 Å². The molecule has 0 fully saturated rings. The van der Waals surface area contributed by atoms with E-state index < -0.39 is 0 Å². The van der Waals surface area contributed by atoms with Crippen molar-refractivity contribution in [2.24, 2.45) is 0 Å². The quantitative estimate of drug-likeness (QED) is 0.473. The Morgan fingerprint density at radius 1 is 0.704 bits per heavy atom. The Balaban J connectivity index is 1.46. The van der Waals surface area contributed by atoms with E-state index in [1.54, 1.807) is 0 Å². The SMILES string of the molecule is CC(C)Oc1ccccc1NCCNc1ccc(Oc2ccccc2)cc1. The lowest BCUT2D eigenvalue weighted by Gasteiger charge is -2.16. The molecule has 4 nitrogen and oxygen atoms in total. The van der Waals surface area contributed by atoms with Crippen LogP contribution in [-0.2, 0) is 0 Å². The number of anilines is 2. The first kappa shape index (κ1) is 18.6. The summed E-state index contributed by atoms with van der Waals surface area (Å²) in [5.74, 6) is 2.55. The van der Waals surface area contributed by atoms with Gasteiger partial charge in [-0.3, -0.25) is 0 Å². The monoisotopic (exact) mass is 362 g/mol. The van der Waals surface area contributed by atoms with Gasteiger partial charge in [-0.2, -0.15) is 0 Å². The molecule has 3 aromatic rings. The minimum atomic E-state index is 0.155. The lowest BCUT2D eigenvalue weighted by molar-refractivity contribution is 0.243. The fourth-order valence-electron chi connectivity index (χ4n) is 2.64. The zero-order valence-corrected chi connectivity index (χ0v) is 15.8. The van der Waals surface area contributed by atoms with Gasteiger partial charge in [-0.25, -0.2) is 0 Å². The Hall–Kier alpha value is -3.14. The summed E-state index contributed by atoms with van der Waals surface area (Å²) >= 11 is 0. The molecule has 0 unspecified atom stereocenters. The van der Waals surface area contributed by atoms with E-state index in [0.29, 0.717) is 0 Å². The van der Waals surface area contributed by atoms with Crippen LogP contribution in [0.1, 0.15) is 13.8 Å². The number of ether oxygens (including phenoxy) is 2. The van der Waals surface area contributed by atoms with Crippen LogP contribution in [-0.4, -0.2) is 19.2 Å².